The summed E-state index contributed by atoms with van der Waals surface area (Å²) in [6.45, 7) is 0.167. The van der Waals surface area contributed by atoms with Gasteiger partial charge in [-0.2, -0.15) is 0 Å². The summed E-state index contributed by atoms with van der Waals surface area (Å²) < 4.78 is 29.8. The quantitative estimate of drug-likeness (QED) is 0.661. The molecule has 0 spiro atoms. The molecular weight excluding hydrogens is 246 g/mol. The lowest BCUT2D eigenvalue weighted by molar-refractivity contribution is -0.140. The van der Waals surface area contributed by atoms with Crippen LogP contribution in [-0.2, 0) is 26.1 Å². The van der Waals surface area contributed by atoms with E-state index in [-0.39, 0.29) is 25.1 Å². The number of nitrogens with zero attached hydrogens (tertiary/aromatic N) is 1. The van der Waals surface area contributed by atoms with Crippen molar-refractivity contribution in [3.8, 4) is 0 Å². The van der Waals surface area contributed by atoms with Gasteiger partial charge in [0.15, 0.2) is 0 Å². The van der Waals surface area contributed by atoms with Gasteiger partial charge in [0.1, 0.15) is 0 Å². The largest absolute Gasteiger partial charge is 0.469 e. The van der Waals surface area contributed by atoms with Crippen molar-refractivity contribution in [1.82, 2.24) is 14.7 Å². The molecule has 0 aliphatic rings. The second kappa shape index (κ2) is 6.36. The van der Waals surface area contributed by atoms with Crippen LogP contribution in [0.3, 0.4) is 0 Å². The Kier molecular flexibility index (Phi) is 5.11. The molecule has 0 aromatic carbocycles. The number of imidazole rings is 1. The number of aromatic nitrogens is 2. The van der Waals surface area contributed by atoms with E-state index in [4.69, 9.17) is 0 Å². The number of hydrogen-bond donors (Lipinski definition) is 2. The molecule has 0 atom stereocenters. The molecule has 7 nitrogen and oxygen atoms in total. The fraction of sp³-hybridized carbons (Fsp3) is 0.556. The summed E-state index contributed by atoms with van der Waals surface area (Å²) in [5, 5.41) is 0. The SMILES string of the molecule is COC(=O)CCCS(=O)(=O)NCc1cnc[nH]1. The Labute approximate surface area is 99.6 Å². The molecule has 1 heterocycles. The van der Waals surface area contributed by atoms with Crippen molar-refractivity contribution >= 4 is 16.0 Å². The number of carbonyl (C=O) groups is 1. The van der Waals surface area contributed by atoms with Gasteiger partial charge in [0.25, 0.3) is 0 Å². The van der Waals surface area contributed by atoms with Crippen LogP contribution in [0.2, 0.25) is 0 Å². The van der Waals surface area contributed by atoms with Gasteiger partial charge in [-0.1, -0.05) is 0 Å². The van der Waals surface area contributed by atoms with E-state index in [1.54, 1.807) is 0 Å². The van der Waals surface area contributed by atoms with Crippen LogP contribution in [0.5, 0.6) is 0 Å². The third-order valence-electron chi connectivity index (χ3n) is 2.06. The number of methoxy groups -OCH3 is 1. The molecule has 1 aromatic heterocycles. The van der Waals surface area contributed by atoms with Crippen molar-refractivity contribution in [3.05, 3.63) is 18.2 Å². The standard InChI is InChI=1S/C9H15N3O4S/c1-16-9(13)3-2-4-17(14,15)12-6-8-5-10-7-11-8/h5,7,12H,2-4,6H2,1H3,(H,10,11). The van der Waals surface area contributed by atoms with E-state index in [1.165, 1.54) is 19.6 Å². The van der Waals surface area contributed by atoms with Gasteiger partial charge in [0, 0.05) is 18.3 Å². The number of carbonyl (C=O) groups excluding carboxylic acids is 1. The molecule has 0 radical (unpaired) electrons. The van der Waals surface area contributed by atoms with Crippen molar-refractivity contribution in [2.75, 3.05) is 12.9 Å². The number of aromatic amines is 1. The molecule has 1 aromatic rings. The van der Waals surface area contributed by atoms with Crippen LogP contribution >= 0.6 is 0 Å². The Morgan fingerprint density at radius 3 is 2.94 bits per heavy atom. The third-order valence-corrected chi connectivity index (χ3v) is 3.47. The van der Waals surface area contributed by atoms with Crippen molar-refractivity contribution in [2.45, 2.75) is 19.4 Å². The van der Waals surface area contributed by atoms with Crippen LogP contribution in [0.4, 0.5) is 0 Å². The minimum absolute atomic E-state index is 0.0987. The topological polar surface area (TPSA) is 101 Å². The van der Waals surface area contributed by atoms with E-state index in [9.17, 15) is 13.2 Å². The molecule has 0 aliphatic carbocycles. The number of hydrogen-bond acceptors (Lipinski definition) is 5. The lowest BCUT2D eigenvalue weighted by Crippen LogP contribution is -2.26. The predicted octanol–water partition coefficient (Wildman–Crippen LogP) is -0.218. The molecule has 0 saturated heterocycles. The maximum absolute atomic E-state index is 11.5. The molecule has 1 rings (SSSR count). The van der Waals surface area contributed by atoms with Gasteiger partial charge in [-0.05, 0) is 6.42 Å². The first-order chi connectivity index (χ1) is 8.03. The van der Waals surface area contributed by atoms with E-state index in [0.717, 1.165) is 0 Å². The Hall–Kier alpha value is -1.41. The normalized spacial score (nSPS) is 11.4. The lowest BCUT2D eigenvalue weighted by Gasteiger charge is -2.04. The highest BCUT2D eigenvalue weighted by molar-refractivity contribution is 7.89. The Morgan fingerprint density at radius 1 is 1.59 bits per heavy atom. The van der Waals surface area contributed by atoms with Crippen LogP contribution < -0.4 is 4.72 Å². The second-order valence-corrected chi connectivity index (χ2v) is 5.32. The number of sulfonamides is 1. The molecule has 17 heavy (non-hydrogen) atoms. The first-order valence-electron chi connectivity index (χ1n) is 5.05. The highest BCUT2D eigenvalue weighted by atomic mass is 32.2. The average Bonchev–Trinajstić information content (AvgIpc) is 2.79. The van der Waals surface area contributed by atoms with Crippen LogP contribution in [0.1, 0.15) is 18.5 Å². The van der Waals surface area contributed by atoms with E-state index in [0.29, 0.717) is 5.69 Å². The number of rotatable bonds is 7. The monoisotopic (exact) mass is 261 g/mol. The summed E-state index contributed by atoms with van der Waals surface area (Å²) in [6, 6.07) is 0. The number of nitrogens with one attached hydrogen (secondary N) is 2. The van der Waals surface area contributed by atoms with Gasteiger partial charge in [-0.15, -0.1) is 0 Å². The first kappa shape index (κ1) is 13.7. The zero-order valence-electron chi connectivity index (χ0n) is 9.47. The maximum atomic E-state index is 11.5. The van der Waals surface area contributed by atoms with Gasteiger partial charge >= 0.3 is 5.97 Å². The zero-order valence-corrected chi connectivity index (χ0v) is 10.3. The van der Waals surface area contributed by atoms with Gasteiger partial charge in [0.05, 0.1) is 25.7 Å². The van der Waals surface area contributed by atoms with Gasteiger partial charge in [-0.25, -0.2) is 18.1 Å². The summed E-state index contributed by atoms with van der Waals surface area (Å²) in [4.78, 5) is 17.3. The summed E-state index contributed by atoms with van der Waals surface area (Å²) >= 11 is 0. The van der Waals surface area contributed by atoms with Gasteiger partial charge < -0.3 is 9.72 Å². The molecule has 0 bridgehead atoms. The molecule has 8 heteroatoms. The number of ether oxygens (including phenoxy) is 1. The van der Waals surface area contributed by atoms with E-state index >= 15 is 0 Å². The third kappa shape index (κ3) is 5.45. The van der Waals surface area contributed by atoms with Gasteiger partial charge in [0.2, 0.25) is 10.0 Å². The van der Waals surface area contributed by atoms with E-state index < -0.39 is 16.0 Å². The van der Waals surface area contributed by atoms with Gasteiger partial charge in [-0.3, -0.25) is 4.79 Å². The molecule has 0 amide bonds. The smallest absolute Gasteiger partial charge is 0.305 e. The molecule has 96 valence electrons. The molecule has 2 N–H and O–H groups in total. The Bertz CT molecular complexity index is 441. The predicted molar refractivity (Wildman–Crippen MR) is 60.5 cm³/mol. The molecule has 0 fully saturated rings. The van der Waals surface area contributed by atoms with Crippen molar-refractivity contribution < 1.29 is 17.9 Å². The van der Waals surface area contributed by atoms with E-state index in [1.807, 2.05) is 0 Å². The molecular formula is C9H15N3O4S. The van der Waals surface area contributed by atoms with Crippen molar-refractivity contribution in [3.63, 3.8) is 0 Å². The van der Waals surface area contributed by atoms with Crippen LogP contribution in [0, 0.1) is 0 Å². The van der Waals surface area contributed by atoms with Crippen molar-refractivity contribution in [2.24, 2.45) is 0 Å². The van der Waals surface area contributed by atoms with E-state index in [2.05, 4.69) is 19.4 Å². The summed E-state index contributed by atoms with van der Waals surface area (Å²) in [5.41, 5.74) is 0.682. The minimum atomic E-state index is -3.37. The van der Waals surface area contributed by atoms with Crippen molar-refractivity contribution in [1.29, 1.82) is 0 Å². The molecule has 0 unspecified atom stereocenters. The number of esters is 1. The summed E-state index contributed by atoms with van der Waals surface area (Å²) in [7, 11) is -2.10. The second-order valence-electron chi connectivity index (χ2n) is 3.40. The summed E-state index contributed by atoms with van der Waals surface area (Å²) in [6.07, 6.45) is 3.35. The highest BCUT2D eigenvalue weighted by Gasteiger charge is 2.11. The molecule has 0 saturated carbocycles. The number of H-pyrrole nitrogens is 1. The summed E-state index contributed by atoms with van der Waals surface area (Å²) in [5.74, 6) is -0.510. The Balaban J connectivity index is 2.29. The zero-order chi connectivity index (χ0) is 12.7. The van der Waals surface area contributed by atoms with Crippen LogP contribution in [0.25, 0.3) is 0 Å². The lowest BCUT2D eigenvalue weighted by atomic mass is 10.3. The fourth-order valence-corrected chi connectivity index (χ4v) is 2.19. The Morgan fingerprint density at radius 2 is 2.35 bits per heavy atom. The fourth-order valence-electron chi connectivity index (χ4n) is 1.15. The minimum Gasteiger partial charge on any atom is -0.469 e. The maximum Gasteiger partial charge on any atom is 0.305 e. The highest BCUT2D eigenvalue weighted by Crippen LogP contribution is 1.98. The van der Waals surface area contributed by atoms with Crippen LogP contribution in [0.15, 0.2) is 12.5 Å². The molecule has 0 aliphatic heterocycles. The van der Waals surface area contributed by atoms with Crippen LogP contribution in [-0.4, -0.2) is 37.2 Å². The average molecular weight is 261 g/mol. The first-order valence-corrected chi connectivity index (χ1v) is 6.70.